The lowest BCUT2D eigenvalue weighted by Gasteiger charge is -2.26. The third kappa shape index (κ3) is 9.90. The van der Waals surface area contributed by atoms with Crippen molar-refractivity contribution in [2.24, 2.45) is 17.4 Å². The molecule has 11 heteroatoms. The van der Waals surface area contributed by atoms with E-state index < -0.39 is 54.2 Å². The van der Waals surface area contributed by atoms with Crippen LogP contribution in [-0.4, -0.2) is 71.5 Å². The van der Waals surface area contributed by atoms with E-state index in [1.54, 1.807) is 32.5 Å². The number of primary amides is 1. The molecule has 10 nitrogen and oxygen atoms in total. The van der Waals surface area contributed by atoms with Gasteiger partial charge in [0.25, 0.3) is 0 Å². The van der Waals surface area contributed by atoms with Crippen molar-refractivity contribution in [1.82, 2.24) is 16.0 Å². The zero-order chi connectivity index (χ0) is 21.9. The molecule has 0 radical (unpaired) electrons. The molecular formula is C17H33N5O5S. The topological polar surface area (TPSA) is 177 Å². The van der Waals surface area contributed by atoms with Gasteiger partial charge in [0.1, 0.15) is 12.1 Å². The summed E-state index contributed by atoms with van der Waals surface area (Å²) in [6.07, 6.45) is 1.95. The Morgan fingerprint density at radius 2 is 1.61 bits per heavy atom. The zero-order valence-corrected chi connectivity index (χ0v) is 17.7. The third-order valence-electron chi connectivity index (χ3n) is 3.92. The predicted octanol–water partition coefficient (Wildman–Crippen LogP) is -1.94. The van der Waals surface area contributed by atoms with Crippen LogP contribution in [0, 0.1) is 5.92 Å². The van der Waals surface area contributed by atoms with Crippen LogP contribution in [0.5, 0.6) is 0 Å². The van der Waals surface area contributed by atoms with Crippen molar-refractivity contribution in [3.8, 4) is 0 Å². The van der Waals surface area contributed by atoms with Crippen LogP contribution in [0.3, 0.4) is 0 Å². The summed E-state index contributed by atoms with van der Waals surface area (Å²) in [7, 11) is 0. The number of nitrogens with one attached hydrogen (secondary N) is 3. The molecule has 0 aliphatic heterocycles. The first kappa shape index (κ1) is 26.1. The van der Waals surface area contributed by atoms with E-state index in [1.807, 2.05) is 6.26 Å². The molecular weight excluding hydrogens is 386 g/mol. The lowest BCUT2D eigenvalue weighted by molar-refractivity contribution is -0.134. The van der Waals surface area contributed by atoms with Gasteiger partial charge >= 0.3 is 0 Å². The molecule has 0 heterocycles. The zero-order valence-electron chi connectivity index (χ0n) is 16.9. The van der Waals surface area contributed by atoms with Crippen LogP contribution in [-0.2, 0) is 19.2 Å². The molecule has 0 unspecified atom stereocenters. The van der Waals surface area contributed by atoms with Crippen LogP contribution in [0.4, 0.5) is 0 Å². The molecule has 0 aromatic heterocycles. The van der Waals surface area contributed by atoms with Gasteiger partial charge in [0, 0.05) is 6.04 Å². The summed E-state index contributed by atoms with van der Waals surface area (Å²) < 4.78 is 0. The molecule has 0 aliphatic carbocycles. The average Bonchev–Trinajstić information content (AvgIpc) is 2.62. The first-order valence-corrected chi connectivity index (χ1v) is 10.5. The number of carbonyl (C=O) groups is 4. The van der Waals surface area contributed by atoms with Gasteiger partial charge in [-0.25, -0.2) is 0 Å². The summed E-state index contributed by atoms with van der Waals surface area (Å²) in [6, 6.07) is -3.47. The first-order chi connectivity index (χ1) is 13.0. The van der Waals surface area contributed by atoms with Crippen molar-refractivity contribution in [3.63, 3.8) is 0 Å². The van der Waals surface area contributed by atoms with Gasteiger partial charge in [-0.15, -0.1) is 0 Å². The largest absolute Gasteiger partial charge is 0.394 e. The Morgan fingerprint density at radius 1 is 1.00 bits per heavy atom. The Bertz CT molecular complexity index is 546. The minimum absolute atomic E-state index is 0.287. The highest BCUT2D eigenvalue weighted by atomic mass is 32.2. The van der Waals surface area contributed by atoms with E-state index in [9.17, 15) is 19.2 Å². The number of aliphatic hydroxyl groups is 1. The molecule has 0 saturated carbocycles. The Hall–Kier alpha value is -1.85. The fraction of sp³-hybridized carbons (Fsp3) is 0.765. The summed E-state index contributed by atoms with van der Waals surface area (Å²) in [4.78, 5) is 48.4. The minimum atomic E-state index is -1.22. The second-order valence-corrected chi connectivity index (χ2v) is 7.93. The van der Waals surface area contributed by atoms with Gasteiger partial charge in [-0.3, -0.25) is 19.2 Å². The van der Waals surface area contributed by atoms with Crippen molar-refractivity contribution in [1.29, 1.82) is 0 Å². The smallest absolute Gasteiger partial charge is 0.243 e. The van der Waals surface area contributed by atoms with E-state index in [1.165, 1.54) is 0 Å². The third-order valence-corrected chi connectivity index (χ3v) is 4.56. The molecule has 0 rings (SSSR count). The molecule has 0 saturated heterocycles. The van der Waals surface area contributed by atoms with Gasteiger partial charge in [-0.2, -0.15) is 11.8 Å². The fourth-order valence-electron chi connectivity index (χ4n) is 2.23. The highest BCUT2D eigenvalue weighted by Crippen LogP contribution is 2.06. The maximum absolute atomic E-state index is 12.7. The monoisotopic (exact) mass is 419 g/mol. The summed E-state index contributed by atoms with van der Waals surface area (Å²) in [5.74, 6) is -2.10. The number of rotatable bonds is 13. The highest BCUT2D eigenvalue weighted by molar-refractivity contribution is 7.98. The number of aliphatic hydroxyl groups excluding tert-OH is 1. The molecule has 0 fully saturated rings. The number of hydrogen-bond donors (Lipinski definition) is 6. The maximum atomic E-state index is 12.7. The lowest BCUT2D eigenvalue weighted by atomic mass is 10.0. The summed E-state index contributed by atoms with van der Waals surface area (Å²) in [5, 5.41) is 16.6. The van der Waals surface area contributed by atoms with E-state index in [-0.39, 0.29) is 12.5 Å². The lowest BCUT2D eigenvalue weighted by Crippen LogP contribution is -2.58. The van der Waals surface area contributed by atoms with E-state index >= 15 is 0 Å². The van der Waals surface area contributed by atoms with Crippen molar-refractivity contribution < 1.29 is 24.3 Å². The fourth-order valence-corrected chi connectivity index (χ4v) is 2.72. The molecule has 4 amide bonds. The highest BCUT2D eigenvalue weighted by Gasteiger charge is 2.31. The van der Waals surface area contributed by atoms with Gasteiger partial charge in [-0.05, 0) is 31.3 Å². The molecule has 4 atom stereocenters. The Labute approximate surface area is 169 Å². The van der Waals surface area contributed by atoms with Crippen LogP contribution in [0.2, 0.25) is 0 Å². The number of thioether (sulfide) groups is 1. The second kappa shape index (κ2) is 13.3. The van der Waals surface area contributed by atoms with Gasteiger partial charge < -0.3 is 32.5 Å². The normalized spacial score (nSPS) is 15.2. The Balaban J connectivity index is 5.15. The number of amides is 4. The van der Waals surface area contributed by atoms with E-state index in [4.69, 9.17) is 16.6 Å². The quantitative estimate of drug-likeness (QED) is 0.201. The van der Waals surface area contributed by atoms with Crippen molar-refractivity contribution in [3.05, 3.63) is 0 Å². The molecule has 0 spiro atoms. The van der Waals surface area contributed by atoms with Crippen LogP contribution >= 0.6 is 11.8 Å². The average molecular weight is 420 g/mol. The molecule has 0 aliphatic rings. The maximum Gasteiger partial charge on any atom is 0.243 e. The van der Waals surface area contributed by atoms with Crippen LogP contribution in [0.1, 0.15) is 33.6 Å². The molecule has 0 aromatic carbocycles. The van der Waals surface area contributed by atoms with Crippen molar-refractivity contribution in [2.45, 2.75) is 57.8 Å². The molecule has 28 heavy (non-hydrogen) atoms. The van der Waals surface area contributed by atoms with Gasteiger partial charge in [0.2, 0.25) is 23.6 Å². The Morgan fingerprint density at radius 3 is 2.07 bits per heavy atom. The first-order valence-electron chi connectivity index (χ1n) is 9.08. The van der Waals surface area contributed by atoms with Gasteiger partial charge in [-0.1, -0.05) is 13.8 Å². The van der Waals surface area contributed by atoms with Crippen molar-refractivity contribution in [2.75, 3.05) is 18.6 Å². The molecule has 8 N–H and O–H groups in total. The summed E-state index contributed by atoms with van der Waals surface area (Å²) >= 11 is 1.56. The van der Waals surface area contributed by atoms with Crippen LogP contribution < -0.4 is 27.4 Å². The van der Waals surface area contributed by atoms with Gasteiger partial charge in [0.05, 0.1) is 19.1 Å². The van der Waals surface area contributed by atoms with Crippen LogP contribution in [0.25, 0.3) is 0 Å². The standard InChI is InChI=1S/C17H33N5O5S/c1-9(2)14(22-15(25)11(18)5-6-28-4)17(27)21-12(7-13(19)24)16(26)20-10(3)8-23/h9-12,14,23H,5-8,18H2,1-4H3,(H2,19,24)(H,20,26)(H,21,27)(H,22,25)/t10-,11-,12-,14-/m0/s1. The number of nitrogens with two attached hydrogens (primary N) is 2. The van der Waals surface area contributed by atoms with Crippen molar-refractivity contribution >= 4 is 35.4 Å². The van der Waals surface area contributed by atoms with E-state index in [2.05, 4.69) is 16.0 Å². The molecule has 0 bridgehead atoms. The van der Waals surface area contributed by atoms with Crippen LogP contribution in [0.15, 0.2) is 0 Å². The number of carbonyl (C=O) groups excluding carboxylic acids is 4. The van der Waals surface area contributed by atoms with E-state index in [0.29, 0.717) is 12.2 Å². The Kier molecular flexibility index (Phi) is 12.5. The van der Waals surface area contributed by atoms with E-state index in [0.717, 1.165) is 0 Å². The number of hydrogen-bond acceptors (Lipinski definition) is 7. The minimum Gasteiger partial charge on any atom is -0.394 e. The summed E-state index contributed by atoms with van der Waals surface area (Å²) in [5.41, 5.74) is 11.0. The second-order valence-electron chi connectivity index (χ2n) is 6.94. The molecule has 0 aromatic rings. The van der Waals surface area contributed by atoms with Gasteiger partial charge in [0.15, 0.2) is 0 Å². The predicted molar refractivity (Wildman–Crippen MR) is 108 cm³/mol. The summed E-state index contributed by atoms with van der Waals surface area (Å²) in [6.45, 7) is 4.72. The SMILES string of the molecule is CSCC[C@H](N)C(=O)N[C@H](C(=O)N[C@@H](CC(N)=O)C(=O)N[C@@H](C)CO)C(C)C. The molecule has 162 valence electrons.